The summed E-state index contributed by atoms with van der Waals surface area (Å²) in [6.45, 7) is 1.86. The second-order valence-corrected chi connectivity index (χ2v) is 4.53. The van der Waals surface area contributed by atoms with Crippen molar-refractivity contribution < 1.29 is 14.3 Å². The number of rotatable bonds is 5. The molecule has 2 rings (SSSR count). The van der Waals surface area contributed by atoms with Crippen molar-refractivity contribution in [3.8, 4) is 0 Å². The van der Waals surface area contributed by atoms with Crippen LogP contribution in [0, 0.1) is 0 Å². The number of para-hydroxylation sites is 1. The van der Waals surface area contributed by atoms with Gasteiger partial charge >= 0.3 is 5.97 Å². The van der Waals surface area contributed by atoms with E-state index in [9.17, 15) is 9.59 Å². The predicted octanol–water partition coefficient (Wildman–Crippen LogP) is 0.848. The van der Waals surface area contributed by atoms with Gasteiger partial charge in [-0.3, -0.25) is 4.79 Å². The van der Waals surface area contributed by atoms with Crippen molar-refractivity contribution in [1.82, 2.24) is 15.0 Å². The van der Waals surface area contributed by atoms with Crippen LogP contribution in [0.1, 0.15) is 23.0 Å². The van der Waals surface area contributed by atoms with Gasteiger partial charge in [0.05, 0.1) is 7.11 Å². The highest BCUT2D eigenvalue weighted by Crippen LogP contribution is 2.16. The number of carbonyl (C=O) groups is 2. The number of nitrogens with two attached hydrogens (primary N) is 1. The third kappa shape index (κ3) is 3.22. The molecule has 1 amide bonds. The summed E-state index contributed by atoms with van der Waals surface area (Å²) in [5.41, 5.74) is 7.39. The number of nitrogen functional groups attached to an aromatic ring is 1. The van der Waals surface area contributed by atoms with E-state index in [0.717, 1.165) is 22.4 Å². The van der Waals surface area contributed by atoms with E-state index in [4.69, 9.17) is 5.73 Å². The first kappa shape index (κ1) is 15.5. The number of aromatic nitrogens is 3. The topological polar surface area (TPSA) is 112 Å². The first-order chi connectivity index (χ1) is 10.6. The Balaban J connectivity index is 2.10. The second-order valence-electron chi connectivity index (χ2n) is 4.53. The van der Waals surface area contributed by atoms with Crippen molar-refractivity contribution >= 4 is 23.4 Å². The minimum atomic E-state index is -0.694. The first-order valence-corrected chi connectivity index (χ1v) is 6.71. The molecule has 0 unspecified atom stereocenters. The van der Waals surface area contributed by atoms with Crippen molar-refractivity contribution in [2.45, 2.75) is 19.9 Å². The second kappa shape index (κ2) is 6.70. The zero-order valence-corrected chi connectivity index (χ0v) is 12.4. The molecule has 0 spiro atoms. The van der Waals surface area contributed by atoms with Crippen LogP contribution in [0.5, 0.6) is 0 Å². The van der Waals surface area contributed by atoms with E-state index in [-0.39, 0.29) is 24.0 Å². The van der Waals surface area contributed by atoms with E-state index in [0.29, 0.717) is 0 Å². The summed E-state index contributed by atoms with van der Waals surface area (Å²) in [7, 11) is 1.22. The third-order valence-electron chi connectivity index (χ3n) is 3.12. The Kier molecular flexibility index (Phi) is 4.72. The highest BCUT2D eigenvalue weighted by atomic mass is 16.5. The van der Waals surface area contributed by atoms with E-state index < -0.39 is 5.97 Å². The average molecular weight is 303 g/mol. The molecule has 2 aromatic rings. The maximum atomic E-state index is 12.1. The van der Waals surface area contributed by atoms with Crippen molar-refractivity contribution in [1.29, 1.82) is 0 Å². The van der Waals surface area contributed by atoms with Crippen LogP contribution in [0.15, 0.2) is 24.3 Å². The predicted molar refractivity (Wildman–Crippen MR) is 80.2 cm³/mol. The van der Waals surface area contributed by atoms with Gasteiger partial charge in [-0.1, -0.05) is 30.3 Å². The van der Waals surface area contributed by atoms with Crippen LogP contribution in [-0.4, -0.2) is 34.0 Å². The van der Waals surface area contributed by atoms with Gasteiger partial charge in [-0.2, -0.15) is 0 Å². The molecule has 1 aromatic heterocycles. The fourth-order valence-corrected chi connectivity index (χ4v) is 1.96. The van der Waals surface area contributed by atoms with Gasteiger partial charge in [0.25, 0.3) is 0 Å². The maximum absolute atomic E-state index is 12.1. The normalized spacial score (nSPS) is 10.3. The Labute approximate surface area is 127 Å². The molecule has 1 heterocycles. The van der Waals surface area contributed by atoms with Crippen LogP contribution in [0.25, 0.3) is 0 Å². The number of carbonyl (C=O) groups excluding carboxylic acids is 2. The summed E-state index contributed by atoms with van der Waals surface area (Å²) in [6.07, 6.45) is 0.800. The van der Waals surface area contributed by atoms with Gasteiger partial charge in [0, 0.05) is 5.69 Å². The third-order valence-corrected chi connectivity index (χ3v) is 3.12. The van der Waals surface area contributed by atoms with Gasteiger partial charge in [-0.15, -0.1) is 5.10 Å². The number of ether oxygens (including phenoxy) is 1. The van der Waals surface area contributed by atoms with E-state index in [1.54, 1.807) is 0 Å². The molecule has 0 radical (unpaired) electrons. The van der Waals surface area contributed by atoms with Crippen molar-refractivity contribution in [2.24, 2.45) is 0 Å². The number of aryl methyl sites for hydroxylation is 1. The van der Waals surface area contributed by atoms with Crippen LogP contribution in [0.4, 0.5) is 11.5 Å². The number of esters is 1. The van der Waals surface area contributed by atoms with E-state index >= 15 is 0 Å². The average Bonchev–Trinajstić information content (AvgIpc) is 2.88. The molecule has 8 heteroatoms. The Hall–Kier alpha value is -2.90. The minimum absolute atomic E-state index is 0.00854. The number of amides is 1. The Morgan fingerprint density at radius 1 is 1.36 bits per heavy atom. The lowest BCUT2D eigenvalue weighted by atomic mass is 10.1. The summed E-state index contributed by atoms with van der Waals surface area (Å²) >= 11 is 0. The number of hydrogen-bond acceptors (Lipinski definition) is 6. The van der Waals surface area contributed by atoms with Gasteiger partial charge < -0.3 is 15.8 Å². The zero-order valence-electron chi connectivity index (χ0n) is 12.4. The largest absolute Gasteiger partial charge is 0.464 e. The number of nitrogens with zero attached hydrogens (tertiary/aromatic N) is 3. The van der Waals surface area contributed by atoms with Gasteiger partial charge in [-0.05, 0) is 18.1 Å². The van der Waals surface area contributed by atoms with Crippen LogP contribution in [0.3, 0.4) is 0 Å². The number of anilines is 2. The van der Waals surface area contributed by atoms with Crippen LogP contribution in [-0.2, 0) is 22.5 Å². The summed E-state index contributed by atoms with van der Waals surface area (Å²) in [5, 5.41) is 10.1. The van der Waals surface area contributed by atoms with Gasteiger partial charge in [0.1, 0.15) is 6.54 Å². The number of methoxy groups -OCH3 is 1. The molecule has 22 heavy (non-hydrogen) atoms. The van der Waals surface area contributed by atoms with Gasteiger partial charge in [0.15, 0.2) is 5.82 Å². The summed E-state index contributed by atoms with van der Waals surface area (Å²) in [5.74, 6) is -1.01. The number of nitrogens with one attached hydrogen (secondary N) is 1. The molecule has 1 aromatic carbocycles. The van der Waals surface area contributed by atoms with E-state index in [1.165, 1.54) is 7.11 Å². The molecule has 0 aliphatic rings. The molecular formula is C14H17N5O3. The van der Waals surface area contributed by atoms with Crippen molar-refractivity contribution in [2.75, 3.05) is 18.2 Å². The summed E-state index contributed by atoms with van der Waals surface area (Å²) in [6, 6.07) is 7.51. The zero-order chi connectivity index (χ0) is 16.1. The molecule has 8 nitrogen and oxygen atoms in total. The lowest BCUT2D eigenvalue weighted by Gasteiger charge is -2.09. The lowest BCUT2D eigenvalue weighted by molar-refractivity contribution is -0.116. The van der Waals surface area contributed by atoms with Crippen molar-refractivity contribution in [3.63, 3.8) is 0 Å². The molecule has 0 aliphatic heterocycles. The van der Waals surface area contributed by atoms with Crippen LogP contribution < -0.4 is 11.1 Å². The summed E-state index contributed by atoms with van der Waals surface area (Å²) < 4.78 is 5.67. The first-order valence-electron chi connectivity index (χ1n) is 6.71. The van der Waals surface area contributed by atoms with Crippen LogP contribution >= 0.6 is 0 Å². The van der Waals surface area contributed by atoms with Crippen molar-refractivity contribution in [3.05, 3.63) is 35.5 Å². The highest BCUT2D eigenvalue weighted by Gasteiger charge is 2.19. The summed E-state index contributed by atoms with van der Waals surface area (Å²) in [4.78, 5) is 23.5. The molecule has 0 aliphatic carbocycles. The molecule has 3 N–H and O–H groups in total. The fraction of sp³-hybridized carbons (Fsp3) is 0.286. The van der Waals surface area contributed by atoms with Crippen LogP contribution in [0.2, 0.25) is 0 Å². The minimum Gasteiger partial charge on any atom is -0.464 e. The maximum Gasteiger partial charge on any atom is 0.362 e. The Bertz CT molecular complexity index is 696. The SMILES string of the molecule is CCc1ccccc1NC(=O)Cn1nnc(C(=O)OC)c1N. The van der Waals surface area contributed by atoms with Gasteiger partial charge in [-0.25, -0.2) is 9.48 Å². The Morgan fingerprint density at radius 2 is 2.09 bits per heavy atom. The molecular weight excluding hydrogens is 286 g/mol. The number of hydrogen-bond donors (Lipinski definition) is 2. The van der Waals surface area contributed by atoms with Gasteiger partial charge in [0.2, 0.25) is 11.6 Å². The van der Waals surface area contributed by atoms with E-state index in [1.807, 2.05) is 31.2 Å². The molecule has 0 saturated carbocycles. The Morgan fingerprint density at radius 3 is 2.77 bits per heavy atom. The smallest absolute Gasteiger partial charge is 0.362 e. The van der Waals surface area contributed by atoms with E-state index in [2.05, 4.69) is 20.4 Å². The monoisotopic (exact) mass is 303 g/mol. The molecule has 0 saturated heterocycles. The lowest BCUT2D eigenvalue weighted by Crippen LogP contribution is -2.21. The molecule has 0 atom stereocenters. The molecule has 116 valence electrons. The standard InChI is InChI=1S/C14H17N5O3/c1-3-9-6-4-5-7-10(9)16-11(20)8-19-13(15)12(17-18-19)14(21)22-2/h4-7H,3,8,15H2,1-2H3,(H,16,20). The quantitative estimate of drug-likeness (QED) is 0.792. The molecule has 0 fully saturated rings. The fourth-order valence-electron chi connectivity index (χ4n) is 1.96. The number of benzene rings is 1. The molecule has 0 bridgehead atoms. The highest BCUT2D eigenvalue weighted by molar-refractivity contribution is 5.93.